The van der Waals surface area contributed by atoms with E-state index in [2.05, 4.69) is 26.1 Å². The Morgan fingerprint density at radius 3 is 2.57 bits per heavy atom. The van der Waals surface area contributed by atoms with Crippen LogP contribution in [0.15, 0.2) is 33.3 Å². The molecule has 0 atom stereocenters. The lowest BCUT2D eigenvalue weighted by molar-refractivity contribution is -0.145. The molecule has 6 nitrogen and oxygen atoms in total. The van der Waals surface area contributed by atoms with E-state index in [9.17, 15) is 9.59 Å². The highest BCUT2D eigenvalue weighted by atomic mass is 79.9. The maximum absolute atomic E-state index is 11.9. The fourth-order valence-electron chi connectivity index (χ4n) is 1.61. The Balaban J connectivity index is 1.75. The minimum absolute atomic E-state index is 0.0159. The highest BCUT2D eigenvalue weighted by molar-refractivity contribution is 9.10. The van der Waals surface area contributed by atoms with E-state index in [0.29, 0.717) is 11.4 Å². The van der Waals surface area contributed by atoms with Crippen molar-refractivity contribution in [3.63, 3.8) is 0 Å². The monoisotopic (exact) mass is 352 g/mol. The first-order chi connectivity index (χ1) is 10.0. The van der Waals surface area contributed by atoms with Gasteiger partial charge in [-0.05, 0) is 19.1 Å². The van der Waals surface area contributed by atoms with Crippen LogP contribution in [0.25, 0.3) is 0 Å². The minimum atomic E-state index is -0.476. The predicted molar refractivity (Wildman–Crippen MR) is 76.5 cm³/mol. The Labute approximate surface area is 129 Å². The van der Waals surface area contributed by atoms with Crippen LogP contribution in [0.1, 0.15) is 34.9 Å². The topological polar surface area (TPSA) is 82.3 Å². The number of hydrogen-bond donors (Lipinski definition) is 0. The molecule has 0 aliphatic rings. The van der Waals surface area contributed by atoms with Crippen LogP contribution in [0.4, 0.5) is 0 Å². The molecule has 0 saturated carbocycles. The molecule has 2 aromatic rings. The zero-order chi connectivity index (χ0) is 15.2. The third kappa shape index (κ3) is 4.78. The van der Waals surface area contributed by atoms with E-state index >= 15 is 0 Å². The molecule has 1 aromatic carbocycles. The summed E-state index contributed by atoms with van der Waals surface area (Å²) in [6, 6.07) is 6.98. The summed E-state index contributed by atoms with van der Waals surface area (Å²) in [5.41, 5.74) is 0.568. The molecule has 1 heterocycles. The number of carbonyl (C=O) groups excluding carboxylic acids is 2. The number of ketones is 1. The first-order valence-corrected chi connectivity index (χ1v) is 7.07. The summed E-state index contributed by atoms with van der Waals surface area (Å²) in [7, 11) is 0. The average Bonchev–Trinajstić information content (AvgIpc) is 2.89. The van der Waals surface area contributed by atoms with Crippen molar-refractivity contribution in [1.29, 1.82) is 0 Å². The van der Waals surface area contributed by atoms with Gasteiger partial charge in [-0.2, -0.15) is 4.98 Å². The number of Topliss-reactive ketones (excluding diaryl/α,β-unsaturated/α-hetero) is 1. The molecule has 0 bridgehead atoms. The SMILES string of the molecule is Cc1noc(COC(=O)CCC(=O)c2ccc(Br)cc2)n1. The molecule has 0 aliphatic carbocycles. The van der Waals surface area contributed by atoms with Crippen molar-refractivity contribution in [1.82, 2.24) is 10.1 Å². The van der Waals surface area contributed by atoms with Crippen LogP contribution in [-0.4, -0.2) is 21.9 Å². The lowest BCUT2D eigenvalue weighted by Crippen LogP contribution is -2.08. The molecule has 0 aliphatic heterocycles. The second kappa shape index (κ2) is 7.12. The Morgan fingerprint density at radius 1 is 1.24 bits per heavy atom. The van der Waals surface area contributed by atoms with Gasteiger partial charge in [0.15, 0.2) is 18.2 Å². The minimum Gasteiger partial charge on any atom is -0.456 e. The van der Waals surface area contributed by atoms with Crippen molar-refractivity contribution in [2.45, 2.75) is 26.4 Å². The van der Waals surface area contributed by atoms with Crippen LogP contribution < -0.4 is 0 Å². The summed E-state index contributed by atoms with van der Waals surface area (Å²) in [4.78, 5) is 27.3. The van der Waals surface area contributed by atoms with Crippen molar-refractivity contribution in [3.05, 3.63) is 46.0 Å². The maximum Gasteiger partial charge on any atom is 0.306 e. The average molecular weight is 353 g/mol. The molecule has 0 fully saturated rings. The van der Waals surface area contributed by atoms with Gasteiger partial charge in [0, 0.05) is 16.5 Å². The number of carbonyl (C=O) groups is 2. The maximum atomic E-state index is 11.9. The van der Waals surface area contributed by atoms with E-state index < -0.39 is 5.97 Å². The summed E-state index contributed by atoms with van der Waals surface area (Å²) in [6.45, 7) is 1.60. The van der Waals surface area contributed by atoms with Gasteiger partial charge in [-0.25, -0.2) is 0 Å². The number of rotatable bonds is 6. The van der Waals surface area contributed by atoms with Crippen LogP contribution in [-0.2, 0) is 16.1 Å². The lowest BCUT2D eigenvalue weighted by Gasteiger charge is -2.02. The molecule has 110 valence electrons. The number of ether oxygens (including phenoxy) is 1. The van der Waals surface area contributed by atoms with E-state index in [-0.39, 0.29) is 31.1 Å². The van der Waals surface area contributed by atoms with Crippen molar-refractivity contribution in [3.8, 4) is 0 Å². The molecule has 21 heavy (non-hydrogen) atoms. The van der Waals surface area contributed by atoms with Crippen molar-refractivity contribution in [2.24, 2.45) is 0 Å². The smallest absolute Gasteiger partial charge is 0.306 e. The van der Waals surface area contributed by atoms with Gasteiger partial charge in [0.05, 0.1) is 6.42 Å². The van der Waals surface area contributed by atoms with Gasteiger partial charge in [0.2, 0.25) is 0 Å². The number of aryl methyl sites for hydroxylation is 1. The van der Waals surface area contributed by atoms with Crippen LogP contribution >= 0.6 is 15.9 Å². The van der Waals surface area contributed by atoms with Crippen LogP contribution in [0.5, 0.6) is 0 Å². The van der Waals surface area contributed by atoms with Gasteiger partial charge in [0.25, 0.3) is 5.89 Å². The van der Waals surface area contributed by atoms with Gasteiger partial charge in [-0.3, -0.25) is 9.59 Å². The second-order valence-electron chi connectivity index (χ2n) is 4.33. The number of benzene rings is 1. The first-order valence-electron chi connectivity index (χ1n) is 6.28. The van der Waals surface area contributed by atoms with Crippen LogP contribution in [0, 0.1) is 6.92 Å². The zero-order valence-corrected chi connectivity index (χ0v) is 12.9. The molecule has 0 N–H and O–H groups in total. The van der Waals surface area contributed by atoms with E-state index in [1.54, 1.807) is 31.2 Å². The summed E-state index contributed by atoms with van der Waals surface area (Å²) in [5, 5.41) is 3.58. The summed E-state index contributed by atoms with van der Waals surface area (Å²) in [6.07, 6.45) is 0.116. The zero-order valence-electron chi connectivity index (χ0n) is 11.3. The molecule has 7 heteroatoms. The Morgan fingerprint density at radius 2 is 1.95 bits per heavy atom. The van der Waals surface area contributed by atoms with E-state index in [1.807, 2.05) is 0 Å². The predicted octanol–water partition coefficient (Wildman–Crippen LogP) is 2.85. The Bertz CT molecular complexity index is 637. The molecule has 0 unspecified atom stereocenters. The highest BCUT2D eigenvalue weighted by Crippen LogP contribution is 2.13. The fraction of sp³-hybridized carbons (Fsp3) is 0.286. The Hall–Kier alpha value is -2.02. The summed E-state index contributed by atoms with van der Waals surface area (Å²) in [5.74, 6) is 0.135. The quantitative estimate of drug-likeness (QED) is 0.587. The lowest BCUT2D eigenvalue weighted by atomic mass is 10.1. The molecule has 1 aromatic heterocycles. The summed E-state index contributed by atoms with van der Waals surface area (Å²) >= 11 is 3.30. The van der Waals surface area contributed by atoms with E-state index in [0.717, 1.165) is 4.47 Å². The number of halogens is 1. The molecule has 2 rings (SSSR count). The standard InChI is InChI=1S/C14H13BrN2O4/c1-9-16-13(21-17-9)8-20-14(19)7-6-12(18)10-2-4-11(15)5-3-10/h2-5H,6-8H2,1H3. The molecule has 0 spiro atoms. The fourth-order valence-corrected chi connectivity index (χ4v) is 1.87. The first kappa shape index (κ1) is 15.4. The van der Waals surface area contributed by atoms with Crippen molar-refractivity contribution < 1.29 is 18.8 Å². The molecule has 0 amide bonds. The van der Waals surface area contributed by atoms with Gasteiger partial charge < -0.3 is 9.26 Å². The highest BCUT2D eigenvalue weighted by Gasteiger charge is 2.12. The largest absolute Gasteiger partial charge is 0.456 e. The van der Waals surface area contributed by atoms with Gasteiger partial charge >= 0.3 is 5.97 Å². The molecular weight excluding hydrogens is 340 g/mol. The Kier molecular flexibility index (Phi) is 5.21. The van der Waals surface area contributed by atoms with Gasteiger partial charge in [-0.15, -0.1) is 0 Å². The van der Waals surface area contributed by atoms with Crippen LogP contribution in [0.3, 0.4) is 0 Å². The molecule has 0 radical (unpaired) electrons. The van der Waals surface area contributed by atoms with Crippen LogP contribution in [0.2, 0.25) is 0 Å². The van der Waals surface area contributed by atoms with Crippen molar-refractivity contribution >= 4 is 27.7 Å². The van der Waals surface area contributed by atoms with E-state index in [1.165, 1.54) is 0 Å². The number of hydrogen-bond acceptors (Lipinski definition) is 6. The number of aromatic nitrogens is 2. The number of nitrogens with zero attached hydrogens (tertiary/aromatic N) is 2. The third-order valence-electron chi connectivity index (χ3n) is 2.65. The molecule has 0 saturated heterocycles. The normalized spacial score (nSPS) is 10.4. The second-order valence-corrected chi connectivity index (χ2v) is 5.24. The molecular formula is C14H13BrN2O4. The number of esters is 1. The van der Waals surface area contributed by atoms with E-state index in [4.69, 9.17) is 9.26 Å². The third-order valence-corrected chi connectivity index (χ3v) is 3.18. The summed E-state index contributed by atoms with van der Waals surface area (Å²) < 4.78 is 10.7. The van der Waals surface area contributed by atoms with Crippen molar-refractivity contribution in [2.75, 3.05) is 0 Å². The van der Waals surface area contributed by atoms with Gasteiger partial charge in [0.1, 0.15) is 0 Å². The van der Waals surface area contributed by atoms with Gasteiger partial charge in [-0.1, -0.05) is 33.2 Å².